The maximum atomic E-state index is 13.4. The molecule has 18 heavy (non-hydrogen) atoms. The standard InChI is InChI=1S/C14H11BrClFO/c1-9-2-4-12(7-13(9)17)18-14-5-3-11(15)6-10(14)8-16/h2-7H,8H2,1H3. The van der Waals surface area contributed by atoms with Gasteiger partial charge in [0.25, 0.3) is 0 Å². The Labute approximate surface area is 119 Å². The lowest BCUT2D eigenvalue weighted by atomic mass is 10.2. The topological polar surface area (TPSA) is 9.23 Å². The first-order chi connectivity index (χ1) is 8.60. The van der Waals surface area contributed by atoms with E-state index in [1.807, 2.05) is 12.1 Å². The zero-order valence-corrected chi connectivity index (χ0v) is 12.1. The number of alkyl halides is 1. The van der Waals surface area contributed by atoms with E-state index in [1.165, 1.54) is 6.07 Å². The molecule has 4 heteroatoms. The molecule has 0 amide bonds. The molecule has 0 aliphatic carbocycles. The Morgan fingerprint density at radius 1 is 1.22 bits per heavy atom. The van der Waals surface area contributed by atoms with Gasteiger partial charge in [-0.05, 0) is 36.8 Å². The maximum absolute atomic E-state index is 13.4. The van der Waals surface area contributed by atoms with E-state index < -0.39 is 0 Å². The monoisotopic (exact) mass is 328 g/mol. The van der Waals surface area contributed by atoms with Crippen molar-refractivity contribution >= 4 is 27.5 Å². The van der Waals surface area contributed by atoms with Crippen LogP contribution in [0, 0.1) is 12.7 Å². The van der Waals surface area contributed by atoms with Gasteiger partial charge in [-0.15, -0.1) is 11.6 Å². The van der Waals surface area contributed by atoms with Crippen LogP contribution in [0.4, 0.5) is 4.39 Å². The molecular weight excluding hydrogens is 319 g/mol. The molecule has 2 rings (SSSR count). The Hall–Kier alpha value is -1.06. The Morgan fingerprint density at radius 2 is 2.00 bits per heavy atom. The van der Waals surface area contributed by atoms with Crippen LogP contribution in [0.2, 0.25) is 0 Å². The molecule has 0 aliphatic heterocycles. The lowest BCUT2D eigenvalue weighted by Gasteiger charge is -2.10. The van der Waals surface area contributed by atoms with Gasteiger partial charge in [-0.2, -0.15) is 0 Å². The Kier molecular flexibility index (Phi) is 4.25. The lowest BCUT2D eigenvalue weighted by Crippen LogP contribution is -1.91. The minimum absolute atomic E-state index is 0.281. The summed E-state index contributed by atoms with van der Waals surface area (Å²) in [5, 5.41) is 0. The minimum atomic E-state index is -0.281. The van der Waals surface area contributed by atoms with Gasteiger partial charge < -0.3 is 4.74 Å². The van der Waals surface area contributed by atoms with Crippen LogP contribution in [0.15, 0.2) is 40.9 Å². The van der Waals surface area contributed by atoms with Crippen molar-refractivity contribution in [2.45, 2.75) is 12.8 Å². The van der Waals surface area contributed by atoms with E-state index in [4.69, 9.17) is 16.3 Å². The van der Waals surface area contributed by atoms with Crippen LogP contribution in [-0.4, -0.2) is 0 Å². The molecule has 0 aromatic heterocycles. The lowest BCUT2D eigenvalue weighted by molar-refractivity contribution is 0.472. The van der Waals surface area contributed by atoms with Crippen LogP contribution in [0.5, 0.6) is 11.5 Å². The number of hydrogen-bond acceptors (Lipinski definition) is 1. The summed E-state index contributed by atoms with van der Waals surface area (Å²) in [5.74, 6) is 1.16. The fourth-order valence-corrected chi connectivity index (χ4v) is 2.13. The van der Waals surface area contributed by atoms with E-state index in [-0.39, 0.29) is 5.82 Å². The molecule has 0 atom stereocenters. The van der Waals surface area contributed by atoms with Crippen molar-refractivity contribution in [3.05, 3.63) is 57.8 Å². The van der Waals surface area contributed by atoms with E-state index in [9.17, 15) is 4.39 Å². The number of aryl methyl sites for hydroxylation is 1. The summed E-state index contributed by atoms with van der Waals surface area (Å²) in [7, 11) is 0. The molecule has 0 radical (unpaired) electrons. The molecule has 0 bridgehead atoms. The SMILES string of the molecule is Cc1ccc(Oc2ccc(Br)cc2CCl)cc1F. The van der Waals surface area contributed by atoms with Crippen molar-refractivity contribution in [3.8, 4) is 11.5 Å². The molecule has 2 aromatic rings. The van der Waals surface area contributed by atoms with E-state index in [0.717, 1.165) is 10.0 Å². The third-order valence-electron chi connectivity index (χ3n) is 2.54. The van der Waals surface area contributed by atoms with E-state index in [0.29, 0.717) is 22.9 Å². The molecule has 0 aliphatic rings. The highest BCUT2D eigenvalue weighted by Crippen LogP contribution is 2.29. The highest BCUT2D eigenvalue weighted by molar-refractivity contribution is 9.10. The number of halogens is 3. The molecule has 0 unspecified atom stereocenters. The van der Waals surface area contributed by atoms with E-state index >= 15 is 0 Å². The van der Waals surface area contributed by atoms with E-state index in [1.54, 1.807) is 25.1 Å². The van der Waals surface area contributed by atoms with Crippen molar-refractivity contribution in [1.29, 1.82) is 0 Å². The van der Waals surface area contributed by atoms with Crippen molar-refractivity contribution in [2.75, 3.05) is 0 Å². The number of benzene rings is 2. The van der Waals surface area contributed by atoms with Gasteiger partial charge in [-0.1, -0.05) is 22.0 Å². The first-order valence-corrected chi connectivity index (χ1v) is 6.71. The van der Waals surface area contributed by atoms with Gasteiger partial charge in [-0.3, -0.25) is 0 Å². The second-order valence-electron chi connectivity index (χ2n) is 3.90. The van der Waals surface area contributed by atoms with Gasteiger partial charge in [0.1, 0.15) is 17.3 Å². The van der Waals surface area contributed by atoms with Gasteiger partial charge in [-0.25, -0.2) is 4.39 Å². The molecule has 0 heterocycles. The zero-order valence-electron chi connectivity index (χ0n) is 9.71. The van der Waals surface area contributed by atoms with Crippen molar-refractivity contribution < 1.29 is 9.13 Å². The molecular formula is C14H11BrClFO. The van der Waals surface area contributed by atoms with Crippen molar-refractivity contribution in [3.63, 3.8) is 0 Å². The van der Waals surface area contributed by atoms with Crippen molar-refractivity contribution in [2.24, 2.45) is 0 Å². The maximum Gasteiger partial charge on any atom is 0.131 e. The van der Waals surface area contributed by atoms with Crippen LogP contribution in [0.25, 0.3) is 0 Å². The minimum Gasteiger partial charge on any atom is -0.457 e. The largest absolute Gasteiger partial charge is 0.457 e. The second-order valence-corrected chi connectivity index (χ2v) is 5.08. The first-order valence-electron chi connectivity index (χ1n) is 5.38. The average Bonchev–Trinajstić information content (AvgIpc) is 2.36. The predicted octanol–water partition coefficient (Wildman–Crippen LogP) is 5.43. The van der Waals surface area contributed by atoms with Crippen molar-refractivity contribution in [1.82, 2.24) is 0 Å². The highest BCUT2D eigenvalue weighted by atomic mass is 79.9. The van der Waals surface area contributed by atoms with Gasteiger partial charge in [0.15, 0.2) is 0 Å². The summed E-state index contributed by atoms with van der Waals surface area (Å²) >= 11 is 9.22. The molecule has 0 spiro atoms. The van der Waals surface area contributed by atoms with Crippen LogP contribution >= 0.6 is 27.5 Å². The van der Waals surface area contributed by atoms with Crippen LogP contribution in [0.1, 0.15) is 11.1 Å². The van der Waals surface area contributed by atoms with Crippen LogP contribution in [0.3, 0.4) is 0 Å². The quantitative estimate of drug-likeness (QED) is 0.682. The number of ether oxygens (including phenoxy) is 1. The summed E-state index contributed by atoms with van der Waals surface area (Å²) in [4.78, 5) is 0. The first kappa shape index (κ1) is 13.4. The summed E-state index contributed by atoms with van der Waals surface area (Å²) in [6.45, 7) is 1.71. The smallest absolute Gasteiger partial charge is 0.131 e. The Morgan fingerprint density at radius 3 is 2.67 bits per heavy atom. The molecule has 0 fully saturated rings. The molecule has 2 aromatic carbocycles. The number of rotatable bonds is 3. The Bertz CT molecular complexity index is 572. The summed E-state index contributed by atoms with van der Waals surface area (Å²) in [6.07, 6.45) is 0. The van der Waals surface area contributed by atoms with E-state index in [2.05, 4.69) is 15.9 Å². The molecule has 0 saturated carbocycles. The fraction of sp³-hybridized carbons (Fsp3) is 0.143. The average molecular weight is 330 g/mol. The third-order valence-corrected chi connectivity index (χ3v) is 3.32. The van der Waals surface area contributed by atoms with Gasteiger partial charge in [0.2, 0.25) is 0 Å². The van der Waals surface area contributed by atoms with Crippen LogP contribution < -0.4 is 4.74 Å². The molecule has 94 valence electrons. The summed E-state index contributed by atoms with van der Waals surface area (Å²) in [6, 6.07) is 10.3. The molecule has 1 nitrogen and oxygen atoms in total. The Balaban J connectivity index is 2.30. The molecule has 0 saturated heterocycles. The number of hydrogen-bond donors (Lipinski definition) is 0. The fourth-order valence-electron chi connectivity index (χ4n) is 1.52. The zero-order chi connectivity index (χ0) is 13.1. The van der Waals surface area contributed by atoms with Gasteiger partial charge in [0.05, 0.1) is 5.88 Å². The highest BCUT2D eigenvalue weighted by Gasteiger charge is 2.06. The molecule has 0 N–H and O–H groups in total. The summed E-state index contributed by atoms with van der Waals surface area (Å²) < 4.78 is 20.0. The second kappa shape index (κ2) is 5.72. The summed E-state index contributed by atoms with van der Waals surface area (Å²) in [5.41, 5.74) is 1.45. The van der Waals surface area contributed by atoms with Gasteiger partial charge in [0, 0.05) is 16.1 Å². The predicted molar refractivity (Wildman–Crippen MR) is 74.9 cm³/mol. The third kappa shape index (κ3) is 3.03. The van der Waals surface area contributed by atoms with Crippen LogP contribution in [-0.2, 0) is 5.88 Å². The van der Waals surface area contributed by atoms with Gasteiger partial charge >= 0.3 is 0 Å². The normalized spacial score (nSPS) is 10.4.